The summed E-state index contributed by atoms with van der Waals surface area (Å²) < 4.78 is 1.25. The van der Waals surface area contributed by atoms with Crippen LogP contribution in [-0.2, 0) is 4.79 Å². The van der Waals surface area contributed by atoms with Crippen molar-refractivity contribution < 1.29 is 9.90 Å². The highest BCUT2D eigenvalue weighted by Crippen LogP contribution is 2.30. The number of nitrogens with zero attached hydrogens (tertiary/aromatic N) is 1. The molecular weight excluding hydrogens is 220 g/mol. The molecule has 0 aromatic carbocycles. The minimum absolute atomic E-state index is 0.0612. The van der Waals surface area contributed by atoms with E-state index in [0.717, 1.165) is 0 Å². The van der Waals surface area contributed by atoms with Crippen molar-refractivity contribution in [2.24, 2.45) is 5.41 Å². The minimum atomic E-state index is -1.03. The molecule has 5 nitrogen and oxygen atoms in total. The minimum Gasteiger partial charge on any atom is -0.480 e. The molecule has 0 amide bonds. The first kappa shape index (κ1) is 13.3. The highest BCUT2D eigenvalue weighted by molar-refractivity contribution is 5.73. The van der Waals surface area contributed by atoms with Crippen LogP contribution < -0.4 is 11.3 Å². The molecule has 1 atom stereocenters. The van der Waals surface area contributed by atoms with Crippen LogP contribution in [0.25, 0.3) is 0 Å². The van der Waals surface area contributed by atoms with Crippen molar-refractivity contribution in [3.05, 3.63) is 28.2 Å². The summed E-state index contributed by atoms with van der Waals surface area (Å²) in [6, 6.07) is 2.22. The average Bonchev–Trinajstić information content (AvgIpc) is 2.16. The maximum absolute atomic E-state index is 12.0. The fourth-order valence-corrected chi connectivity index (χ4v) is 1.85. The molecule has 0 fully saturated rings. The number of aryl methyl sites for hydroxylation is 1. The summed E-state index contributed by atoms with van der Waals surface area (Å²) in [5.41, 5.74) is 5.17. The zero-order valence-corrected chi connectivity index (χ0v) is 10.5. The number of aliphatic carboxylic acids is 1. The Kier molecular flexibility index (Phi) is 3.31. The van der Waals surface area contributed by atoms with E-state index in [2.05, 4.69) is 0 Å². The van der Waals surface area contributed by atoms with Gasteiger partial charge in [-0.1, -0.05) is 20.8 Å². The van der Waals surface area contributed by atoms with E-state index in [0.29, 0.717) is 5.69 Å². The van der Waals surface area contributed by atoms with Gasteiger partial charge in [-0.2, -0.15) is 0 Å². The Morgan fingerprint density at radius 2 is 1.94 bits per heavy atom. The van der Waals surface area contributed by atoms with Crippen LogP contribution in [-0.4, -0.2) is 15.6 Å². The molecular formula is C12H18N2O3. The molecule has 0 aliphatic rings. The van der Waals surface area contributed by atoms with Crippen molar-refractivity contribution in [3.63, 3.8) is 0 Å². The number of rotatable bonds is 2. The first-order valence-electron chi connectivity index (χ1n) is 5.36. The summed E-state index contributed by atoms with van der Waals surface area (Å²) in [6.07, 6.45) is 0. The van der Waals surface area contributed by atoms with Crippen LogP contribution in [0.5, 0.6) is 0 Å². The predicted octanol–water partition coefficient (Wildman–Crippen LogP) is 1.41. The topological polar surface area (TPSA) is 85.3 Å². The monoisotopic (exact) mass is 238 g/mol. The van der Waals surface area contributed by atoms with Gasteiger partial charge in [0.15, 0.2) is 0 Å². The summed E-state index contributed by atoms with van der Waals surface area (Å²) in [6.45, 7) is 7.03. The first-order valence-corrected chi connectivity index (χ1v) is 5.36. The fourth-order valence-electron chi connectivity index (χ4n) is 1.85. The second-order valence-electron chi connectivity index (χ2n) is 5.21. The molecule has 1 aromatic heterocycles. The molecule has 0 radical (unpaired) electrons. The van der Waals surface area contributed by atoms with Crippen molar-refractivity contribution in [3.8, 4) is 0 Å². The van der Waals surface area contributed by atoms with Gasteiger partial charge >= 0.3 is 5.97 Å². The Bertz CT molecular complexity index is 497. The number of carboxylic acids is 1. The van der Waals surface area contributed by atoms with Crippen LogP contribution in [0.15, 0.2) is 16.9 Å². The van der Waals surface area contributed by atoms with Crippen molar-refractivity contribution in [1.29, 1.82) is 0 Å². The molecule has 0 saturated carbocycles. The third kappa shape index (κ3) is 2.49. The average molecular weight is 238 g/mol. The van der Waals surface area contributed by atoms with E-state index in [4.69, 9.17) is 5.73 Å². The number of hydrogen-bond donors (Lipinski definition) is 2. The normalized spacial score (nSPS) is 13.4. The number of hydrogen-bond acceptors (Lipinski definition) is 3. The van der Waals surface area contributed by atoms with Gasteiger partial charge in [0.25, 0.3) is 5.56 Å². The number of carboxylic acid groups (broad SMARTS) is 1. The number of carbonyl (C=O) groups is 1. The molecule has 0 spiro atoms. The van der Waals surface area contributed by atoms with E-state index in [9.17, 15) is 14.7 Å². The molecule has 0 bridgehead atoms. The molecule has 5 heteroatoms. The summed E-state index contributed by atoms with van der Waals surface area (Å²) in [7, 11) is 0. The van der Waals surface area contributed by atoms with Crippen molar-refractivity contribution >= 4 is 11.7 Å². The van der Waals surface area contributed by atoms with Crippen LogP contribution >= 0.6 is 0 Å². The van der Waals surface area contributed by atoms with Gasteiger partial charge in [-0.25, -0.2) is 4.79 Å². The van der Waals surface area contributed by atoms with E-state index in [-0.39, 0.29) is 5.69 Å². The Balaban J connectivity index is 3.55. The van der Waals surface area contributed by atoms with E-state index in [1.54, 1.807) is 33.8 Å². The van der Waals surface area contributed by atoms with E-state index in [1.165, 1.54) is 10.6 Å². The van der Waals surface area contributed by atoms with Crippen LogP contribution in [0.3, 0.4) is 0 Å². The van der Waals surface area contributed by atoms with Gasteiger partial charge in [0.1, 0.15) is 6.04 Å². The summed E-state index contributed by atoms with van der Waals surface area (Å²) in [5, 5.41) is 9.30. The Hall–Kier alpha value is -1.78. The molecule has 1 unspecified atom stereocenters. The molecule has 0 saturated heterocycles. The highest BCUT2D eigenvalue weighted by Gasteiger charge is 2.34. The largest absolute Gasteiger partial charge is 0.480 e. The third-order valence-electron chi connectivity index (χ3n) is 2.66. The van der Waals surface area contributed by atoms with Gasteiger partial charge in [-0.05, 0) is 24.5 Å². The molecule has 3 N–H and O–H groups in total. The van der Waals surface area contributed by atoms with Crippen molar-refractivity contribution in [2.75, 3.05) is 5.73 Å². The van der Waals surface area contributed by atoms with Gasteiger partial charge in [0, 0.05) is 5.69 Å². The first-order chi connectivity index (χ1) is 7.66. The SMILES string of the molecule is Cc1ccc(N)c(=O)n1C(C(=O)O)C(C)(C)C. The molecule has 17 heavy (non-hydrogen) atoms. The molecule has 0 aliphatic heterocycles. The van der Waals surface area contributed by atoms with Crippen LogP contribution in [0.2, 0.25) is 0 Å². The van der Waals surface area contributed by atoms with Gasteiger partial charge in [-0.15, -0.1) is 0 Å². The second-order valence-corrected chi connectivity index (χ2v) is 5.21. The molecule has 1 rings (SSSR count). The molecule has 1 heterocycles. The van der Waals surface area contributed by atoms with Crippen LogP contribution in [0.4, 0.5) is 5.69 Å². The Morgan fingerprint density at radius 3 is 2.35 bits per heavy atom. The molecule has 0 aliphatic carbocycles. The number of aromatic nitrogens is 1. The lowest BCUT2D eigenvalue weighted by atomic mass is 9.86. The maximum atomic E-state index is 12.0. The van der Waals surface area contributed by atoms with Crippen LogP contribution in [0, 0.1) is 12.3 Å². The highest BCUT2D eigenvalue weighted by atomic mass is 16.4. The lowest BCUT2D eigenvalue weighted by Crippen LogP contribution is -2.39. The smallest absolute Gasteiger partial charge is 0.327 e. The van der Waals surface area contributed by atoms with Gasteiger partial charge < -0.3 is 10.8 Å². The third-order valence-corrected chi connectivity index (χ3v) is 2.66. The lowest BCUT2D eigenvalue weighted by molar-refractivity contribution is -0.144. The number of nitrogen functional groups attached to an aromatic ring is 1. The summed E-state index contributed by atoms with van der Waals surface area (Å²) in [4.78, 5) is 23.3. The maximum Gasteiger partial charge on any atom is 0.327 e. The summed E-state index contributed by atoms with van der Waals surface area (Å²) in [5.74, 6) is -1.03. The summed E-state index contributed by atoms with van der Waals surface area (Å²) >= 11 is 0. The number of anilines is 1. The van der Waals surface area contributed by atoms with Crippen molar-refractivity contribution in [1.82, 2.24) is 4.57 Å². The quantitative estimate of drug-likeness (QED) is 0.815. The van der Waals surface area contributed by atoms with E-state index < -0.39 is 23.0 Å². The number of nitrogens with two attached hydrogens (primary N) is 1. The zero-order valence-electron chi connectivity index (χ0n) is 10.5. The van der Waals surface area contributed by atoms with Crippen molar-refractivity contribution in [2.45, 2.75) is 33.7 Å². The fraction of sp³-hybridized carbons (Fsp3) is 0.500. The van der Waals surface area contributed by atoms with E-state index in [1.807, 2.05) is 0 Å². The second kappa shape index (κ2) is 4.24. The standard InChI is InChI=1S/C12H18N2O3/c1-7-5-6-8(13)10(15)14(7)9(11(16)17)12(2,3)4/h5-6,9H,13H2,1-4H3,(H,16,17). The Morgan fingerprint density at radius 1 is 1.41 bits per heavy atom. The molecule has 1 aromatic rings. The number of pyridine rings is 1. The molecule has 94 valence electrons. The van der Waals surface area contributed by atoms with E-state index >= 15 is 0 Å². The van der Waals surface area contributed by atoms with Gasteiger partial charge in [0.05, 0.1) is 5.69 Å². The Labute approximate surface area is 99.9 Å². The zero-order chi connectivity index (χ0) is 13.4. The van der Waals surface area contributed by atoms with Gasteiger partial charge in [-0.3, -0.25) is 9.36 Å². The lowest BCUT2D eigenvalue weighted by Gasteiger charge is -2.30. The predicted molar refractivity (Wildman–Crippen MR) is 66.0 cm³/mol. The van der Waals surface area contributed by atoms with Gasteiger partial charge in [0.2, 0.25) is 0 Å². The van der Waals surface area contributed by atoms with Crippen LogP contribution in [0.1, 0.15) is 32.5 Å².